The molecule has 376 valence electrons. The number of esters is 3. The minimum atomic E-state index is -0.770. The van der Waals surface area contributed by atoms with Gasteiger partial charge in [0.1, 0.15) is 13.2 Å². The first-order valence-electron chi connectivity index (χ1n) is 28.3. The molecular weight excluding hydrogens is 793 g/mol. The molecule has 0 aliphatic heterocycles. The Morgan fingerprint density at radius 3 is 0.797 bits per heavy atom. The fourth-order valence-corrected chi connectivity index (χ4v) is 8.37. The molecule has 0 fully saturated rings. The third-order valence-electron chi connectivity index (χ3n) is 12.7. The van der Waals surface area contributed by atoms with Crippen LogP contribution in [0.3, 0.4) is 0 Å². The van der Waals surface area contributed by atoms with E-state index < -0.39 is 6.10 Å². The van der Waals surface area contributed by atoms with Crippen LogP contribution in [-0.4, -0.2) is 37.2 Å². The molecule has 1 atom stereocenters. The third kappa shape index (κ3) is 50.9. The van der Waals surface area contributed by atoms with Gasteiger partial charge in [-0.05, 0) is 70.6 Å². The van der Waals surface area contributed by atoms with E-state index in [1.165, 1.54) is 205 Å². The van der Waals surface area contributed by atoms with Gasteiger partial charge in [-0.2, -0.15) is 0 Å². The van der Waals surface area contributed by atoms with Crippen molar-refractivity contribution >= 4 is 17.9 Å². The Balaban J connectivity index is 4.31. The number of unbranched alkanes of at least 4 members (excludes halogenated alkanes) is 37. The lowest BCUT2D eigenvalue weighted by Gasteiger charge is -2.18. The lowest BCUT2D eigenvalue weighted by atomic mass is 10.0. The van der Waals surface area contributed by atoms with Gasteiger partial charge < -0.3 is 14.2 Å². The van der Waals surface area contributed by atoms with E-state index >= 15 is 0 Å². The first-order valence-corrected chi connectivity index (χ1v) is 28.3. The Morgan fingerprint density at radius 2 is 0.516 bits per heavy atom. The Kier molecular flexibility index (Phi) is 51.7. The highest BCUT2D eigenvalue weighted by molar-refractivity contribution is 5.71. The maximum absolute atomic E-state index is 12.8. The lowest BCUT2D eigenvalue weighted by Crippen LogP contribution is -2.30. The summed E-state index contributed by atoms with van der Waals surface area (Å²) in [5.74, 6) is -0.863. The topological polar surface area (TPSA) is 78.9 Å². The van der Waals surface area contributed by atoms with E-state index in [9.17, 15) is 14.4 Å². The Labute approximate surface area is 398 Å². The second-order valence-corrected chi connectivity index (χ2v) is 19.2. The van der Waals surface area contributed by atoms with Gasteiger partial charge in [0.25, 0.3) is 0 Å². The summed E-state index contributed by atoms with van der Waals surface area (Å²) in [6.07, 6.45) is 61.6. The van der Waals surface area contributed by atoms with Crippen molar-refractivity contribution in [2.24, 2.45) is 0 Å². The highest BCUT2D eigenvalue weighted by Crippen LogP contribution is 2.16. The molecule has 0 amide bonds. The smallest absolute Gasteiger partial charge is 0.306 e. The van der Waals surface area contributed by atoms with Gasteiger partial charge in [-0.3, -0.25) is 14.4 Å². The van der Waals surface area contributed by atoms with Crippen LogP contribution in [0.25, 0.3) is 0 Å². The predicted octanol–water partition coefficient (Wildman–Crippen LogP) is 18.7. The lowest BCUT2D eigenvalue weighted by molar-refractivity contribution is -0.167. The molecule has 0 saturated heterocycles. The van der Waals surface area contributed by atoms with Gasteiger partial charge in [0, 0.05) is 19.3 Å². The van der Waals surface area contributed by atoms with Gasteiger partial charge in [-0.25, -0.2) is 0 Å². The van der Waals surface area contributed by atoms with Crippen LogP contribution in [-0.2, 0) is 28.6 Å². The van der Waals surface area contributed by atoms with Crippen molar-refractivity contribution in [2.45, 2.75) is 316 Å². The molecule has 0 aromatic carbocycles. The van der Waals surface area contributed by atoms with Crippen LogP contribution in [0.4, 0.5) is 0 Å². The van der Waals surface area contributed by atoms with Crippen molar-refractivity contribution in [1.29, 1.82) is 0 Å². The minimum absolute atomic E-state index is 0.0707. The van der Waals surface area contributed by atoms with Crippen molar-refractivity contribution in [3.8, 4) is 0 Å². The standard InChI is InChI=1S/C58H108O6/c1-4-7-10-13-16-19-22-25-27-28-29-30-31-34-36-39-42-45-48-51-57(60)63-54-55(53-62-56(59)50-47-44-41-38-35-32-24-21-18-15-12-9-6-3)64-58(61)52-49-46-43-40-37-33-26-23-20-17-14-11-8-5-2/h21,24-25,27,55H,4-20,22-23,26,28-54H2,1-3H3/b24-21-,27-25-/t55-/m1/s1. The quantitative estimate of drug-likeness (QED) is 0.0262. The van der Waals surface area contributed by atoms with E-state index in [0.717, 1.165) is 64.2 Å². The number of hydrogen-bond donors (Lipinski definition) is 0. The van der Waals surface area contributed by atoms with Gasteiger partial charge in [0.15, 0.2) is 6.10 Å². The first kappa shape index (κ1) is 61.9. The number of carbonyl (C=O) groups excluding carboxylic acids is 3. The Bertz CT molecular complexity index is 1040. The zero-order chi connectivity index (χ0) is 46.5. The Morgan fingerprint density at radius 1 is 0.297 bits per heavy atom. The van der Waals surface area contributed by atoms with Crippen LogP contribution in [0.5, 0.6) is 0 Å². The molecule has 0 bridgehead atoms. The van der Waals surface area contributed by atoms with Crippen molar-refractivity contribution in [1.82, 2.24) is 0 Å². The number of hydrogen-bond acceptors (Lipinski definition) is 6. The molecule has 0 unspecified atom stereocenters. The summed E-state index contributed by atoms with van der Waals surface area (Å²) in [4.78, 5) is 38.1. The van der Waals surface area contributed by atoms with Crippen LogP contribution in [0, 0.1) is 0 Å². The zero-order valence-corrected chi connectivity index (χ0v) is 43.1. The van der Waals surface area contributed by atoms with Gasteiger partial charge in [-0.15, -0.1) is 0 Å². The average molecular weight is 901 g/mol. The predicted molar refractivity (Wildman–Crippen MR) is 275 cm³/mol. The summed E-state index contributed by atoms with van der Waals surface area (Å²) in [5.41, 5.74) is 0. The van der Waals surface area contributed by atoms with E-state index in [-0.39, 0.29) is 31.1 Å². The van der Waals surface area contributed by atoms with Crippen LogP contribution in [0.15, 0.2) is 24.3 Å². The second-order valence-electron chi connectivity index (χ2n) is 19.2. The third-order valence-corrected chi connectivity index (χ3v) is 12.7. The second kappa shape index (κ2) is 53.5. The number of rotatable bonds is 52. The first-order chi connectivity index (χ1) is 31.5. The summed E-state index contributed by atoms with van der Waals surface area (Å²) < 4.78 is 16.9. The van der Waals surface area contributed by atoms with Gasteiger partial charge in [-0.1, -0.05) is 244 Å². The summed E-state index contributed by atoms with van der Waals surface area (Å²) in [6.45, 7) is 6.65. The van der Waals surface area contributed by atoms with E-state index in [1.807, 2.05) is 0 Å². The monoisotopic (exact) mass is 901 g/mol. The van der Waals surface area contributed by atoms with Crippen molar-refractivity contribution in [3.05, 3.63) is 24.3 Å². The van der Waals surface area contributed by atoms with Crippen LogP contribution < -0.4 is 0 Å². The fraction of sp³-hybridized carbons (Fsp3) is 0.879. The summed E-state index contributed by atoms with van der Waals surface area (Å²) >= 11 is 0. The molecule has 0 aromatic rings. The number of allylic oxidation sites excluding steroid dienone is 4. The normalized spacial score (nSPS) is 12.1. The summed E-state index contributed by atoms with van der Waals surface area (Å²) in [5, 5.41) is 0. The maximum Gasteiger partial charge on any atom is 0.306 e. The number of carbonyl (C=O) groups is 3. The Hall–Kier alpha value is -2.11. The van der Waals surface area contributed by atoms with Gasteiger partial charge in [0.2, 0.25) is 0 Å². The molecule has 0 aliphatic carbocycles. The molecule has 0 N–H and O–H groups in total. The fourth-order valence-electron chi connectivity index (χ4n) is 8.37. The molecule has 0 heterocycles. The van der Waals surface area contributed by atoms with E-state index in [4.69, 9.17) is 14.2 Å². The molecule has 0 aliphatic rings. The maximum atomic E-state index is 12.8. The highest BCUT2D eigenvalue weighted by Gasteiger charge is 2.19. The van der Waals surface area contributed by atoms with Crippen molar-refractivity contribution in [2.75, 3.05) is 13.2 Å². The highest BCUT2D eigenvalue weighted by atomic mass is 16.6. The average Bonchev–Trinajstić information content (AvgIpc) is 3.29. The van der Waals surface area contributed by atoms with E-state index in [0.29, 0.717) is 19.3 Å². The molecule has 6 nitrogen and oxygen atoms in total. The number of ether oxygens (including phenoxy) is 3. The largest absolute Gasteiger partial charge is 0.462 e. The van der Waals surface area contributed by atoms with Crippen LogP contribution in [0.1, 0.15) is 310 Å². The minimum Gasteiger partial charge on any atom is -0.462 e. The van der Waals surface area contributed by atoms with Crippen molar-refractivity contribution in [3.63, 3.8) is 0 Å². The zero-order valence-electron chi connectivity index (χ0n) is 43.1. The van der Waals surface area contributed by atoms with Gasteiger partial charge in [0.05, 0.1) is 0 Å². The molecule has 6 heteroatoms. The molecule has 64 heavy (non-hydrogen) atoms. The molecule has 0 saturated carbocycles. The summed E-state index contributed by atoms with van der Waals surface area (Å²) in [6, 6.07) is 0. The van der Waals surface area contributed by atoms with Crippen LogP contribution in [0.2, 0.25) is 0 Å². The SMILES string of the molecule is CCCCCC/C=C\CCCCCCCC(=O)OC[C@H](COC(=O)CCCCCCCCCCC/C=C\CCCCCCCC)OC(=O)CCCCCCCCCCCCCCCC. The molecule has 0 radical (unpaired) electrons. The van der Waals surface area contributed by atoms with Crippen molar-refractivity contribution < 1.29 is 28.6 Å². The molecule has 0 rings (SSSR count). The van der Waals surface area contributed by atoms with E-state index in [1.54, 1.807) is 0 Å². The summed E-state index contributed by atoms with van der Waals surface area (Å²) in [7, 11) is 0. The van der Waals surface area contributed by atoms with E-state index in [2.05, 4.69) is 45.1 Å². The molecule has 0 aromatic heterocycles. The van der Waals surface area contributed by atoms with Gasteiger partial charge >= 0.3 is 17.9 Å². The molecular formula is C58H108O6. The molecule has 0 spiro atoms. The van der Waals surface area contributed by atoms with Crippen LogP contribution >= 0.6 is 0 Å².